The molecule has 1 atom stereocenters. The number of para-hydroxylation sites is 1. The van der Waals surface area contributed by atoms with E-state index >= 15 is 0 Å². The van der Waals surface area contributed by atoms with Gasteiger partial charge in [0.25, 0.3) is 0 Å². The molecule has 2 aromatic rings. The lowest BCUT2D eigenvalue weighted by Gasteiger charge is -2.22. The first-order valence-electron chi connectivity index (χ1n) is 9.99. The molecule has 0 radical (unpaired) electrons. The average Bonchev–Trinajstić information content (AvgIpc) is 3.29. The van der Waals surface area contributed by atoms with Crippen molar-refractivity contribution in [3.05, 3.63) is 45.4 Å². The summed E-state index contributed by atoms with van der Waals surface area (Å²) >= 11 is 1.71. The summed E-state index contributed by atoms with van der Waals surface area (Å²) in [6.45, 7) is 9.68. The molecule has 0 saturated carbocycles. The van der Waals surface area contributed by atoms with Crippen molar-refractivity contribution < 1.29 is 4.74 Å². The van der Waals surface area contributed by atoms with Gasteiger partial charge >= 0.3 is 0 Å². The highest BCUT2D eigenvalue weighted by molar-refractivity contribution is 7.09. The van der Waals surface area contributed by atoms with Gasteiger partial charge in [-0.15, -0.1) is 23.7 Å². The third-order valence-electron chi connectivity index (χ3n) is 5.66. The van der Waals surface area contributed by atoms with Gasteiger partial charge in [-0.1, -0.05) is 18.2 Å². The van der Waals surface area contributed by atoms with E-state index in [1.165, 1.54) is 35.5 Å². The predicted octanol–water partition coefficient (Wildman–Crippen LogP) is 3.95. The molecule has 2 aliphatic heterocycles. The molecule has 1 aromatic carbocycles. The first kappa shape index (κ1) is 21.5. The minimum Gasteiger partial charge on any atom is -0.384 e. The Morgan fingerprint density at radius 1 is 1.18 bits per heavy atom. The zero-order valence-electron chi connectivity index (χ0n) is 16.8. The summed E-state index contributed by atoms with van der Waals surface area (Å²) in [4.78, 5) is 9.91. The summed E-state index contributed by atoms with van der Waals surface area (Å²) in [5, 5.41) is 6.84. The molecule has 0 bridgehead atoms. The summed E-state index contributed by atoms with van der Waals surface area (Å²) in [5.41, 5.74) is 5.50. The second kappa shape index (κ2) is 10.0. The molecule has 0 amide bonds. The Balaban J connectivity index is 0.00000225. The highest BCUT2D eigenvalue weighted by Gasteiger charge is 2.19. The molecule has 3 heterocycles. The number of hydrogen-bond acceptors (Lipinski definition) is 6. The number of thiazole rings is 1. The van der Waals surface area contributed by atoms with Gasteiger partial charge in [-0.25, -0.2) is 4.98 Å². The third-order valence-corrected chi connectivity index (χ3v) is 6.72. The fraction of sp³-hybridized carbons (Fsp3) is 0.571. The van der Waals surface area contributed by atoms with Crippen molar-refractivity contribution in [2.75, 3.05) is 45.2 Å². The molecule has 1 N–H and O–H groups in total. The first-order chi connectivity index (χ1) is 13.2. The van der Waals surface area contributed by atoms with Crippen LogP contribution in [0.3, 0.4) is 0 Å². The number of aromatic nitrogens is 1. The van der Waals surface area contributed by atoms with E-state index in [1.54, 1.807) is 18.4 Å². The van der Waals surface area contributed by atoms with E-state index in [2.05, 4.69) is 45.6 Å². The quantitative estimate of drug-likeness (QED) is 0.763. The number of anilines is 1. The van der Waals surface area contributed by atoms with Crippen LogP contribution in [0.25, 0.3) is 0 Å². The van der Waals surface area contributed by atoms with Crippen LogP contribution in [0, 0.1) is 0 Å². The fourth-order valence-electron chi connectivity index (χ4n) is 4.04. The van der Waals surface area contributed by atoms with Gasteiger partial charge in [0.05, 0.1) is 5.69 Å². The van der Waals surface area contributed by atoms with Crippen molar-refractivity contribution in [2.45, 2.75) is 39.0 Å². The zero-order chi connectivity index (χ0) is 18.6. The Bertz CT molecular complexity index is 769. The van der Waals surface area contributed by atoms with E-state index in [0.717, 1.165) is 50.7 Å². The van der Waals surface area contributed by atoms with Crippen LogP contribution in [0.1, 0.15) is 41.3 Å². The maximum Gasteiger partial charge on any atom is 0.122 e. The number of benzene rings is 1. The maximum atomic E-state index is 5.38. The van der Waals surface area contributed by atoms with E-state index < -0.39 is 0 Å². The predicted molar refractivity (Wildman–Crippen MR) is 119 cm³/mol. The third kappa shape index (κ3) is 5.05. The molecular weight excluding hydrogens is 392 g/mol. The number of rotatable bonds is 6. The minimum absolute atomic E-state index is 0. The van der Waals surface area contributed by atoms with Gasteiger partial charge in [-0.3, -0.25) is 9.80 Å². The van der Waals surface area contributed by atoms with Crippen molar-refractivity contribution in [2.24, 2.45) is 0 Å². The SMILES string of the molecule is COC(C)c1nc(CN2CCCN(Cc3cccc4c3NCC4)CC2)cs1.Cl. The number of nitrogens with zero attached hydrogens (tertiary/aromatic N) is 3. The Hall–Kier alpha value is -1.18. The van der Waals surface area contributed by atoms with Gasteiger partial charge in [-0.05, 0) is 44.0 Å². The Kier molecular flexibility index (Phi) is 7.71. The summed E-state index contributed by atoms with van der Waals surface area (Å²) < 4.78 is 5.38. The average molecular weight is 423 g/mol. The van der Waals surface area contributed by atoms with Gasteiger partial charge < -0.3 is 10.1 Å². The van der Waals surface area contributed by atoms with E-state index in [1.807, 2.05) is 0 Å². The maximum absolute atomic E-state index is 5.38. The van der Waals surface area contributed by atoms with Gasteiger partial charge in [-0.2, -0.15) is 0 Å². The highest BCUT2D eigenvalue weighted by Crippen LogP contribution is 2.28. The Morgan fingerprint density at radius 3 is 2.75 bits per heavy atom. The topological polar surface area (TPSA) is 40.6 Å². The molecule has 28 heavy (non-hydrogen) atoms. The van der Waals surface area contributed by atoms with E-state index in [-0.39, 0.29) is 18.5 Å². The molecule has 0 spiro atoms. The normalized spacial score (nSPS) is 18.8. The van der Waals surface area contributed by atoms with Gasteiger partial charge in [0.2, 0.25) is 0 Å². The summed E-state index contributed by atoms with van der Waals surface area (Å²) in [7, 11) is 1.74. The van der Waals surface area contributed by atoms with Gasteiger partial charge in [0, 0.05) is 50.9 Å². The molecule has 1 unspecified atom stereocenters. The largest absolute Gasteiger partial charge is 0.384 e. The van der Waals surface area contributed by atoms with E-state index in [4.69, 9.17) is 9.72 Å². The first-order valence-corrected chi connectivity index (χ1v) is 10.9. The summed E-state index contributed by atoms with van der Waals surface area (Å²) in [6, 6.07) is 6.76. The molecule has 1 aromatic heterocycles. The molecule has 4 rings (SSSR count). The minimum atomic E-state index is 0. The van der Waals surface area contributed by atoms with Crippen molar-refractivity contribution in [1.82, 2.24) is 14.8 Å². The zero-order valence-corrected chi connectivity index (χ0v) is 18.5. The lowest BCUT2D eigenvalue weighted by molar-refractivity contribution is 0.119. The molecule has 2 aliphatic rings. The molecule has 5 nitrogen and oxygen atoms in total. The summed E-state index contributed by atoms with van der Waals surface area (Å²) in [5.74, 6) is 0. The number of nitrogens with one attached hydrogen (secondary N) is 1. The number of hydrogen-bond donors (Lipinski definition) is 1. The van der Waals surface area contributed by atoms with Crippen LogP contribution in [0.2, 0.25) is 0 Å². The molecule has 0 aliphatic carbocycles. The number of halogens is 1. The Labute approximate surface area is 178 Å². The van der Waals surface area contributed by atoms with Crippen LogP contribution < -0.4 is 5.32 Å². The van der Waals surface area contributed by atoms with Crippen molar-refractivity contribution in [3.63, 3.8) is 0 Å². The van der Waals surface area contributed by atoms with E-state index in [9.17, 15) is 0 Å². The Morgan fingerprint density at radius 2 is 1.96 bits per heavy atom. The molecule has 154 valence electrons. The van der Waals surface area contributed by atoms with Crippen molar-refractivity contribution >= 4 is 29.4 Å². The van der Waals surface area contributed by atoms with Crippen molar-refractivity contribution in [3.8, 4) is 0 Å². The van der Waals surface area contributed by atoms with E-state index in [0.29, 0.717) is 0 Å². The van der Waals surface area contributed by atoms with Crippen LogP contribution in [0.4, 0.5) is 5.69 Å². The van der Waals surface area contributed by atoms with Crippen LogP contribution in [0.15, 0.2) is 23.6 Å². The van der Waals surface area contributed by atoms with Crippen molar-refractivity contribution in [1.29, 1.82) is 0 Å². The smallest absolute Gasteiger partial charge is 0.122 e. The second-order valence-electron chi connectivity index (χ2n) is 7.59. The second-order valence-corrected chi connectivity index (χ2v) is 8.48. The van der Waals surface area contributed by atoms with Crippen LogP contribution in [-0.2, 0) is 24.2 Å². The fourth-order valence-corrected chi connectivity index (χ4v) is 4.88. The number of methoxy groups -OCH3 is 1. The molecular formula is C21H31ClN4OS. The molecule has 1 saturated heterocycles. The lowest BCUT2D eigenvalue weighted by atomic mass is 10.1. The highest BCUT2D eigenvalue weighted by atomic mass is 35.5. The molecule has 7 heteroatoms. The molecule has 1 fully saturated rings. The van der Waals surface area contributed by atoms with Gasteiger partial charge in [0.15, 0.2) is 0 Å². The van der Waals surface area contributed by atoms with Crippen LogP contribution >= 0.6 is 23.7 Å². The number of ether oxygens (including phenoxy) is 1. The standard InChI is InChI=1S/C21H30N4OS.ClH/c1-16(26-2)21-23-19(15-27-21)14-25-10-4-9-24(11-12-25)13-18-6-3-5-17-7-8-22-20(17)18;/h3,5-6,15-16,22H,4,7-14H2,1-2H3;1H. The lowest BCUT2D eigenvalue weighted by Crippen LogP contribution is -2.30. The monoisotopic (exact) mass is 422 g/mol. The summed E-state index contributed by atoms with van der Waals surface area (Å²) in [6.07, 6.45) is 2.46. The van der Waals surface area contributed by atoms with Crippen LogP contribution in [0.5, 0.6) is 0 Å². The number of fused-ring (bicyclic) bond motifs is 1. The van der Waals surface area contributed by atoms with Gasteiger partial charge in [0.1, 0.15) is 11.1 Å². The van der Waals surface area contributed by atoms with Crippen LogP contribution in [-0.4, -0.2) is 54.6 Å².